The molecule has 0 aliphatic rings. The summed E-state index contributed by atoms with van der Waals surface area (Å²) in [6, 6.07) is 6.06. The maximum absolute atomic E-state index is 14.0. The van der Waals surface area contributed by atoms with Crippen LogP contribution < -0.4 is 4.31 Å². The highest BCUT2D eigenvalue weighted by atomic mass is 32.2. The lowest BCUT2D eigenvalue weighted by molar-refractivity contribution is -0.387. The number of anilines is 1. The van der Waals surface area contributed by atoms with Crippen molar-refractivity contribution in [2.45, 2.75) is 4.90 Å². The van der Waals surface area contributed by atoms with Gasteiger partial charge in [0.15, 0.2) is 4.90 Å². The summed E-state index contributed by atoms with van der Waals surface area (Å²) in [6.45, 7) is -1.21. The van der Waals surface area contributed by atoms with Crippen LogP contribution >= 0.6 is 0 Å². The summed E-state index contributed by atoms with van der Waals surface area (Å²) in [7, 11) is -4.81. The SMILES string of the molecule is O=C(O)CN(c1ccc(F)cc1F)S(=O)(=O)c1ccccc1[N+](=O)[O-]. The van der Waals surface area contributed by atoms with E-state index in [1.807, 2.05) is 0 Å². The Morgan fingerprint density at radius 1 is 1.20 bits per heavy atom. The van der Waals surface area contributed by atoms with E-state index in [9.17, 15) is 32.1 Å². The first kappa shape index (κ1) is 18.3. The first-order valence-electron chi connectivity index (χ1n) is 6.57. The predicted octanol–water partition coefficient (Wildman–Crippen LogP) is 2.15. The molecule has 11 heteroatoms. The molecule has 0 spiro atoms. The standard InChI is InChI=1S/C14H10F2N2O6S/c15-9-5-6-11(10(16)7-9)17(8-14(19)20)25(23,24)13-4-2-1-3-12(13)18(21)22/h1-7H,8H2,(H,19,20). The minimum Gasteiger partial charge on any atom is -0.480 e. The number of sulfonamides is 1. The average Bonchev–Trinajstić information content (AvgIpc) is 2.53. The van der Waals surface area contributed by atoms with Crippen molar-refractivity contribution in [1.82, 2.24) is 0 Å². The molecule has 1 N–H and O–H groups in total. The van der Waals surface area contributed by atoms with E-state index in [1.54, 1.807) is 0 Å². The Morgan fingerprint density at radius 2 is 1.84 bits per heavy atom. The highest BCUT2D eigenvalue weighted by Crippen LogP contribution is 2.31. The number of nitro groups is 1. The predicted molar refractivity (Wildman–Crippen MR) is 81.6 cm³/mol. The number of para-hydroxylation sites is 1. The minimum atomic E-state index is -4.81. The van der Waals surface area contributed by atoms with Crippen LogP contribution in [0.1, 0.15) is 0 Å². The number of nitro benzene ring substituents is 1. The van der Waals surface area contributed by atoms with Crippen LogP contribution in [0.2, 0.25) is 0 Å². The van der Waals surface area contributed by atoms with Gasteiger partial charge in [0.1, 0.15) is 18.2 Å². The maximum atomic E-state index is 14.0. The van der Waals surface area contributed by atoms with Gasteiger partial charge < -0.3 is 5.11 Å². The van der Waals surface area contributed by atoms with Gasteiger partial charge in [-0.3, -0.25) is 19.2 Å². The number of carboxylic acids is 1. The van der Waals surface area contributed by atoms with E-state index >= 15 is 0 Å². The molecule has 0 aromatic heterocycles. The van der Waals surface area contributed by atoms with Gasteiger partial charge in [0.25, 0.3) is 15.7 Å². The number of rotatable bonds is 6. The third kappa shape index (κ3) is 3.71. The number of carboxylic acid groups (broad SMARTS) is 1. The second-order valence-electron chi connectivity index (χ2n) is 4.73. The molecule has 0 amide bonds. The van der Waals surface area contributed by atoms with Crippen molar-refractivity contribution in [2.24, 2.45) is 0 Å². The van der Waals surface area contributed by atoms with Crippen molar-refractivity contribution in [3.63, 3.8) is 0 Å². The van der Waals surface area contributed by atoms with Crippen molar-refractivity contribution in [3.8, 4) is 0 Å². The zero-order valence-electron chi connectivity index (χ0n) is 12.3. The average molecular weight is 372 g/mol. The van der Waals surface area contributed by atoms with Crippen LogP contribution in [0, 0.1) is 21.7 Å². The normalized spacial score (nSPS) is 11.1. The lowest BCUT2D eigenvalue weighted by atomic mass is 10.3. The van der Waals surface area contributed by atoms with Gasteiger partial charge in [-0.25, -0.2) is 17.2 Å². The van der Waals surface area contributed by atoms with Gasteiger partial charge in [-0.15, -0.1) is 0 Å². The van der Waals surface area contributed by atoms with E-state index in [0.29, 0.717) is 6.07 Å². The molecule has 0 saturated heterocycles. The molecule has 0 saturated carbocycles. The Balaban J connectivity index is 2.69. The van der Waals surface area contributed by atoms with E-state index in [-0.39, 0.29) is 4.31 Å². The van der Waals surface area contributed by atoms with Crippen LogP contribution in [0.4, 0.5) is 20.2 Å². The fourth-order valence-electron chi connectivity index (χ4n) is 2.05. The van der Waals surface area contributed by atoms with Gasteiger partial charge in [0.2, 0.25) is 0 Å². The smallest absolute Gasteiger partial charge is 0.324 e. The molecule has 0 aliphatic heterocycles. The van der Waals surface area contributed by atoms with E-state index in [2.05, 4.69) is 0 Å². The fourth-order valence-corrected chi connectivity index (χ4v) is 3.63. The third-order valence-corrected chi connectivity index (χ3v) is 4.89. The molecule has 8 nitrogen and oxygen atoms in total. The molecule has 0 atom stereocenters. The molecule has 0 bridgehead atoms. The lowest BCUT2D eigenvalue weighted by Crippen LogP contribution is -2.36. The number of hydrogen-bond acceptors (Lipinski definition) is 5. The Bertz CT molecular complexity index is 948. The zero-order chi connectivity index (χ0) is 18.8. The quantitative estimate of drug-likeness (QED) is 0.613. The highest BCUT2D eigenvalue weighted by molar-refractivity contribution is 7.93. The first-order chi connectivity index (χ1) is 11.6. The molecular formula is C14H10F2N2O6S. The van der Waals surface area contributed by atoms with Gasteiger partial charge >= 0.3 is 5.97 Å². The zero-order valence-corrected chi connectivity index (χ0v) is 13.1. The van der Waals surface area contributed by atoms with Crippen molar-refractivity contribution >= 4 is 27.4 Å². The molecule has 0 aliphatic carbocycles. The minimum absolute atomic E-state index is 0.131. The topological polar surface area (TPSA) is 118 Å². The Morgan fingerprint density at radius 3 is 2.40 bits per heavy atom. The number of hydrogen-bond donors (Lipinski definition) is 1. The highest BCUT2D eigenvalue weighted by Gasteiger charge is 2.34. The number of carbonyl (C=O) groups is 1. The number of benzene rings is 2. The van der Waals surface area contributed by atoms with Gasteiger partial charge in [-0.2, -0.15) is 0 Å². The van der Waals surface area contributed by atoms with Gasteiger partial charge in [-0.05, 0) is 18.2 Å². The molecule has 2 aromatic carbocycles. The molecular weight excluding hydrogens is 362 g/mol. The Hall–Kier alpha value is -3.08. The van der Waals surface area contributed by atoms with Gasteiger partial charge in [0, 0.05) is 12.1 Å². The molecule has 0 heterocycles. The largest absolute Gasteiger partial charge is 0.480 e. The Kier molecular flexibility index (Phi) is 4.97. The summed E-state index contributed by atoms with van der Waals surface area (Å²) < 4.78 is 52.6. The molecule has 0 unspecified atom stereocenters. The second-order valence-corrected chi connectivity index (χ2v) is 6.56. The van der Waals surface area contributed by atoms with Crippen molar-refractivity contribution in [2.75, 3.05) is 10.8 Å². The lowest BCUT2D eigenvalue weighted by Gasteiger charge is -2.23. The molecule has 2 rings (SSSR count). The Labute approximate surface area is 140 Å². The molecule has 132 valence electrons. The number of aliphatic carboxylic acids is 1. The summed E-state index contributed by atoms with van der Waals surface area (Å²) in [5.74, 6) is -3.96. The summed E-state index contributed by atoms with van der Waals surface area (Å²) in [6.07, 6.45) is 0. The van der Waals surface area contributed by atoms with E-state index in [1.165, 1.54) is 12.1 Å². The molecule has 0 radical (unpaired) electrons. The first-order valence-corrected chi connectivity index (χ1v) is 8.01. The van der Waals surface area contributed by atoms with Crippen LogP contribution in [-0.2, 0) is 14.8 Å². The summed E-state index contributed by atoms with van der Waals surface area (Å²) in [5, 5.41) is 20.0. The van der Waals surface area contributed by atoms with Crippen LogP contribution in [0.3, 0.4) is 0 Å². The molecule has 2 aromatic rings. The molecule has 25 heavy (non-hydrogen) atoms. The van der Waals surface area contributed by atoms with E-state index in [0.717, 1.165) is 24.3 Å². The second kappa shape index (κ2) is 6.81. The van der Waals surface area contributed by atoms with Crippen molar-refractivity contribution in [1.29, 1.82) is 0 Å². The van der Waals surface area contributed by atoms with Gasteiger partial charge in [-0.1, -0.05) is 12.1 Å². The molecule has 0 fully saturated rings. The van der Waals surface area contributed by atoms with E-state index in [4.69, 9.17) is 5.11 Å². The van der Waals surface area contributed by atoms with Crippen LogP contribution in [0.5, 0.6) is 0 Å². The summed E-state index contributed by atoms with van der Waals surface area (Å²) in [4.78, 5) is 20.3. The van der Waals surface area contributed by atoms with Gasteiger partial charge in [0.05, 0.1) is 10.6 Å². The third-order valence-electron chi connectivity index (χ3n) is 3.09. The maximum Gasteiger partial charge on any atom is 0.324 e. The fraction of sp³-hybridized carbons (Fsp3) is 0.0714. The monoisotopic (exact) mass is 372 g/mol. The van der Waals surface area contributed by atoms with E-state index < -0.39 is 55.4 Å². The number of halogens is 2. The summed E-state index contributed by atoms with van der Waals surface area (Å²) >= 11 is 0. The van der Waals surface area contributed by atoms with Crippen LogP contribution in [0.15, 0.2) is 47.4 Å². The van der Waals surface area contributed by atoms with Crippen LogP contribution in [0.25, 0.3) is 0 Å². The number of nitrogens with zero attached hydrogens (tertiary/aromatic N) is 2. The van der Waals surface area contributed by atoms with Crippen molar-refractivity contribution < 1.29 is 32.0 Å². The summed E-state index contributed by atoms with van der Waals surface area (Å²) in [5.41, 5.74) is -1.55. The van der Waals surface area contributed by atoms with Crippen LogP contribution in [-0.4, -0.2) is 31.0 Å². The van der Waals surface area contributed by atoms with Crippen molar-refractivity contribution in [3.05, 3.63) is 64.2 Å².